The zero-order valence-corrected chi connectivity index (χ0v) is 14.7. The Morgan fingerprint density at radius 1 is 1.22 bits per heavy atom. The second kappa shape index (κ2) is 6.76. The van der Waals surface area contributed by atoms with Crippen molar-refractivity contribution in [2.24, 2.45) is 0 Å². The molecule has 0 aliphatic carbocycles. The average molecular weight is 352 g/mol. The van der Waals surface area contributed by atoms with Gasteiger partial charge in [0.1, 0.15) is 0 Å². The number of hydrogen-bond donors (Lipinski definition) is 0. The predicted molar refractivity (Wildman–Crippen MR) is 91.9 cm³/mol. The van der Waals surface area contributed by atoms with Crippen LogP contribution in [0, 0.1) is 6.92 Å². The summed E-state index contributed by atoms with van der Waals surface area (Å²) in [4.78, 5) is 14.8. The van der Waals surface area contributed by atoms with Crippen molar-refractivity contribution in [3.05, 3.63) is 41.5 Å². The van der Waals surface area contributed by atoms with E-state index >= 15 is 0 Å². The minimum atomic E-state index is -3.61. The molecule has 7 heteroatoms. The number of rotatable bonds is 4. The summed E-state index contributed by atoms with van der Waals surface area (Å²) >= 11 is 1.86. The van der Waals surface area contributed by atoms with Crippen LogP contribution >= 0.6 is 11.8 Å². The highest BCUT2D eigenvalue weighted by atomic mass is 32.2. The summed E-state index contributed by atoms with van der Waals surface area (Å²) in [5.41, 5.74) is 1.74. The summed E-state index contributed by atoms with van der Waals surface area (Å²) in [5, 5.41) is 0. The van der Waals surface area contributed by atoms with Crippen LogP contribution in [0.5, 0.6) is 0 Å². The number of aryl methyl sites for hydroxylation is 1. The molecule has 1 aromatic rings. The van der Waals surface area contributed by atoms with Crippen molar-refractivity contribution in [2.45, 2.75) is 11.8 Å². The molecule has 0 N–H and O–H groups in total. The zero-order valence-electron chi connectivity index (χ0n) is 13.1. The standard InChI is InChI=1S/C16H20N2O3S2/c1-13-2-4-15(5-3-13)23(20,21)18-7-6-14(16(19)11-18)10-17-8-9-22-12-17/h2-6H,7-12H2,1H3. The highest BCUT2D eigenvalue weighted by Gasteiger charge is 2.30. The molecule has 2 heterocycles. The van der Waals surface area contributed by atoms with Crippen LogP contribution in [0.2, 0.25) is 0 Å². The zero-order chi connectivity index (χ0) is 16.4. The lowest BCUT2D eigenvalue weighted by atomic mass is 10.1. The van der Waals surface area contributed by atoms with E-state index in [9.17, 15) is 13.2 Å². The number of Topliss-reactive ketones (excluding diaryl/α,β-unsaturated/α-hetero) is 1. The van der Waals surface area contributed by atoms with E-state index in [0.717, 1.165) is 29.3 Å². The molecule has 1 saturated heterocycles. The molecule has 0 unspecified atom stereocenters. The van der Waals surface area contributed by atoms with Crippen molar-refractivity contribution >= 4 is 27.6 Å². The first kappa shape index (κ1) is 16.7. The van der Waals surface area contributed by atoms with E-state index in [4.69, 9.17) is 0 Å². The van der Waals surface area contributed by atoms with Gasteiger partial charge in [0.25, 0.3) is 0 Å². The molecule has 0 aromatic heterocycles. The van der Waals surface area contributed by atoms with Gasteiger partial charge in [-0.05, 0) is 19.1 Å². The Bertz CT molecular complexity index is 720. The normalized spacial score (nSPS) is 20.7. The van der Waals surface area contributed by atoms with Crippen molar-refractivity contribution < 1.29 is 13.2 Å². The Balaban J connectivity index is 1.74. The second-order valence-corrected chi connectivity index (χ2v) is 8.87. The molecule has 5 nitrogen and oxygen atoms in total. The Labute approximate surface area is 141 Å². The van der Waals surface area contributed by atoms with Crippen molar-refractivity contribution in [3.8, 4) is 0 Å². The summed E-state index contributed by atoms with van der Waals surface area (Å²) in [6.07, 6.45) is 1.76. The van der Waals surface area contributed by atoms with Gasteiger partial charge in [-0.2, -0.15) is 4.31 Å². The molecule has 3 rings (SSSR count). The minimum Gasteiger partial charge on any atom is -0.293 e. The fourth-order valence-electron chi connectivity index (χ4n) is 2.66. The quantitative estimate of drug-likeness (QED) is 0.822. The first-order valence-corrected chi connectivity index (χ1v) is 10.2. The molecule has 124 valence electrons. The summed E-state index contributed by atoms with van der Waals surface area (Å²) in [6, 6.07) is 6.72. The van der Waals surface area contributed by atoms with Crippen LogP contribution in [-0.2, 0) is 14.8 Å². The smallest absolute Gasteiger partial charge is 0.243 e. The van der Waals surface area contributed by atoms with Crippen LogP contribution in [0.15, 0.2) is 40.8 Å². The number of carbonyl (C=O) groups is 1. The van der Waals surface area contributed by atoms with Gasteiger partial charge in [0.15, 0.2) is 5.78 Å². The Kier molecular flexibility index (Phi) is 4.91. The van der Waals surface area contributed by atoms with Crippen LogP contribution in [0.25, 0.3) is 0 Å². The molecule has 1 fully saturated rings. The number of sulfonamides is 1. The first-order valence-electron chi connectivity index (χ1n) is 7.56. The SMILES string of the molecule is Cc1ccc(S(=O)(=O)N2CC=C(CN3CCSC3)C(=O)C2)cc1. The molecule has 0 amide bonds. The van der Waals surface area contributed by atoms with Crippen molar-refractivity contribution in [3.63, 3.8) is 0 Å². The third-order valence-electron chi connectivity index (χ3n) is 4.10. The van der Waals surface area contributed by atoms with E-state index in [-0.39, 0.29) is 23.8 Å². The molecule has 0 atom stereocenters. The van der Waals surface area contributed by atoms with Crippen molar-refractivity contribution in [1.82, 2.24) is 9.21 Å². The Hall–Kier alpha value is -1.15. The number of nitrogens with zero attached hydrogens (tertiary/aromatic N) is 2. The third-order valence-corrected chi connectivity index (χ3v) is 6.94. The maximum atomic E-state index is 12.6. The number of carbonyl (C=O) groups excluding carboxylic acids is 1. The van der Waals surface area contributed by atoms with Crippen LogP contribution in [0.3, 0.4) is 0 Å². The fraction of sp³-hybridized carbons (Fsp3) is 0.438. The van der Waals surface area contributed by atoms with Gasteiger partial charge in [-0.3, -0.25) is 9.69 Å². The minimum absolute atomic E-state index is 0.0664. The van der Waals surface area contributed by atoms with Gasteiger partial charge in [-0.1, -0.05) is 23.8 Å². The number of thioether (sulfide) groups is 1. The van der Waals surface area contributed by atoms with Gasteiger partial charge in [-0.15, -0.1) is 11.8 Å². The van der Waals surface area contributed by atoms with Crippen molar-refractivity contribution in [1.29, 1.82) is 0 Å². The van der Waals surface area contributed by atoms with Gasteiger partial charge >= 0.3 is 0 Å². The molecule has 0 bridgehead atoms. The molecule has 0 spiro atoms. The molecular weight excluding hydrogens is 332 g/mol. The van der Waals surface area contributed by atoms with Gasteiger partial charge in [0.2, 0.25) is 10.0 Å². The Morgan fingerprint density at radius 3 is 2.57 bits per heavy atom. The molecule has 0 radical (unpaired) electrons. The molecule has 2 aliphatic heterocycles. The van der Waals surface area contributed by atoms with E-state index in [0.29, 0.717) is 6.54 Å². The summed E-state index contributed by atoms with van der Waals surface area (Å²) in [6.45, 7) is 3.72. The highest BCUT2D eigenvalue weighted by Crippen LogP contribution is 2.21. The predicted octanol–water partition coefficient (Wildman–Crippen LogP) is 1.50. The van der Waals surface area contributed by atoms with Crippen molar-refractivity contribution in [2.75, 3.05) is 37.8 Å². The number of ketones is 1. The topological polar surface area (TPSA) is 57.7 Å². The first-order chi connectivity index (χ1) is 11.0. The van der Waals surface area contributed by atoms with Gasteiger partial charge in [-0.25, -0.2) is 8.42 Å². The van der Waals surface area contributed by atoms with E-state index in [1.807, 2.05) is 18.7 Å². The third kappa shape index (κ3) is 3.68. The van der Waals surface area contributed by atoms with Gasteiger partial charge in [0, 0.05) is 36.8 Å². The molecule has 0 saturated carbocycles. The summed E-state index contributed by atoms with van der Waals surface area (Å²) in [5.74, 6) is 1.94. The van der Waals surface area contributed by atoms with Crippen LogP contribution in [-0.4, -0.2) is 61.2 Å². The fourth-order valence-corrected chi connectivity index (χ4v) is 5.00. The maximum absolute atomic E-state index is 12.6. The van der Waals surface area contributed by atoms with E-state index < -0.39 is 10.0 Å². The summed E-state index contributed by atoms with van der Waals surface area (Å²) in [7, 11) is -3.61. The highest BCUT2D eigenvalue weighted by molar-refractivity contribution is 7.99. The molecule has 2 aliphatic rings. The van der Waals surface area contributed by atoms with E-state index in [1.165, 1.54) is 4.31 Å². The lowest BCUT2D eigenvalue weighted by Crippen LogP contribution is -2.41. The Morgan fingerprint density at radius 2 is 1.96 bits per heavy atom. The van der Waals surface area contributed by atoms with Crippen LogP contribution in [0.4, 0.5) is 0 Å². The molecular formula is C16H20N2O3S2. The van der Waals surface area contributed by atoms with Crippen LogP contribution < -0.4 is 0 Å². The maximum Gasteiger partial charge on any atom is 0.243 e. The van der Waals surface area contributed by atoms with Crippen LogP contribution in [0.1, 0.15) is 5.56 Å². The molecule has 1 aromatic carbocycles. The average Bonchev–Trinajstić information content (AvgIpc) is 3.03. The lowest BCUT2D eigenvalue weighted by molar-refractivity contribution is -0.116. The second-order valence-electron chi connectivity index (χ2n) is 5.85. The number of hydrogen-bond acceptors (Lipinski definition) is 5. The number of benzene rings is 1. The largest absolute Gasteiger partial charge is 0.293 e. The van der Waals surface area contributed by atoms with Gasteiger partial charge < -0.3 is 0 Å². The van der Waals surface area contributed by atoms with Gasteiger partial charge in [0.05, 0.1) is 11.4 Å². The lowest BCUT2D eigenvalue weighted by Gasteiger charge is -2.26. The van der Waals surface area contributed by atoms with E-state index in [1.54, 1.807) is 30.3 Å². The monoisotopic (exact) mass is 352 g/mol. The van der Waals surface area contributed by atoms with E-state index in [2.05, 4.69) is 4.90 Å². The molecule has 23 heavy (non-hydrogen) atoms. The summed E-state index contributed by atoms with van der Waals surface area (Å²) < 4.78 is 26.5.